The largest absolute Gasteiger partial charge is 0.461 e. The van der Waals surface area contributed by atoms with Crippen molar-refractivity contribution < 1.29 is 33.0 Å². The van der Waals surface area contributed by atoms with E-state index in [-0.39, 0.29) is 11.9 Å². The molecule has 41 heavy (non-hydrogen) atoms. The fourth-order valence-electron chi connectivity index (χ4n) is 5.02. The highest BCUT2D eigenvalue weighted by Crippen LogP contribution is 2.46. The van der Waals surface area contributed by atoms with E-state index in [0.29, 0.717) is 0 Å². The number of ether oxygens (including phenoxy) is 2. The number of hydrogen-bond donors (Lipinski definition) is 4. The number of carbonyl (C=O) groups is 1. The van der Waals surface area contributed by atoms with Crippen LogP contribution in [0.25, 0.3) is 0 Å². The summed E-state index contributed by atoms with van der Waals surface area (Å²) in [6.45, 7) is 2.52. The number of para-hydroxylation sites is 1. The Balaban J connectivity index is 1.47. The first kappa shape index (κ1) is 31.1. The topological polar surface area (TPSA) is 184 Å². The van der Waals surface area contributed by atoms with Gasteiger partial charge < -0.3 is 24.8 Å². The van der Waals surface area contributed by atoms with Crippen molar-refractivity contribution in [2.45, 2.75) is 94.9 Å². The Morgan fingerprint density at radius 2 is 1.85 bits per heavy atom. The Labute approximate surface area is 237 Å². The monoisotopic (exact) mass is 594 g/mol. The third kappa shape index (κ3) is 7.94. The van der Waals surface area contributed by atoms with Gasteiger partial charge in [-0.15, -0.1) is 0 Å². The number of aliphatic hydroxyl groups excluding tert-OH is 1. The zero-order valence-corrected chi connectivity index (χ0v) is 24.2. The van der Waals surface area contributed by atoms with E-state index in [1.807, 2.05) is 0 Å². The van der Waals surface area contributed by atoms with Crippen LogP contribution in [-0.2, 0) is 23.4 Å². The van der Waals surface area contributed by atoms with E-state index >= 15 is 0 Å². The van der Waals surface area contributed by atoms with Crippen molar-refractivity contribution >= 4 is 13.7 Å². The molecule has 1 aliphatic heterocycles. The average molecular weight is 595 g/mol. The van der Waals surface area contributed by atoms with Crippen LogP contribution in [0.1, 0.15) is 65.0 Å². The van der Waals surface area contributed by atoms with Crippen LogP contribution in [0.4, 0.5) is 0 Å². The number of H-pyrrole nitrogens is 1. The molecule has 1 aliphatic carbocycles. The van der Waals surface area contributed by atoms with Gasteiger partial charge in [0.15, 0.2) is 6.23 Å². The molecule has 1 saturated heterocycles. The molecule has 5 N–H and O–H groups in total. The maximum atomic E-state index is 13.9. The van der Waals surface area contributed by atoms with Gasteiger partial charge in [0.1, 0.15) is 30.1 Å². The van der Waals surface area contributed by atoms with E-state index in [9.17, 15) is 24.1 Å². The second kappa shape index (κ2) is 13.5. The number of esters is 1. The quantitative estimate of drug-likeness (QED) is 0.234. The predicted octanol–water partition coefficient (Wildman–Crippen LogP) is 2.35. The van der Waals surface area contributed by atoms with Crippen LogP contribution in [0.5, 0.6) is 5.75 Å². The van der Waals surface area contributed by atoms with E-state index in [1.54, 1.807) is 30.3 Å². The van der Waals surface area contributed by atoms with Crippen molar-refractivity contribution in [1.82, 2.24) is 14.6 Å². The summed E-state index contributed by atoms with van der Waals surface area (Å²) in [6.07, 6.45) is 4.23. The minimum absolute atomic E-state index is 0.208. The van der Waals surface area contributed by atoms with Crippen LogP contribution in [0.15, 0.2) is 52.2 Å². The number of rotatable bonds is 10. The molecule has 6 atom stereocenters. The molecular weight excluding hydrogens is 555 g/mol. The number of nitrogens with two attached hydrogens (primary N) is 1. The summed E-state index contributed by atoms with van der Waals surface area (Å²) in [7, 11) is -4.25. The molecule has 1 aromatic heterocycles. The molecule has 2 aromatic rings. The Bertz CT molecular complexity index is 1320. The second-order valence-electron chi connectivity index (χ2n) is 10.8. The Kier molecular flexibility index (Phi) is 10.2. The third-order valence-electron chi connectivity index (χ3n) is 7.35. The maximum Gasteiger partial charge on any atom is 0.459 e. The lowest BCUT2D eigenvalue weighted by Gasteiger charge is -2.28. The van der Waals surface area contributed by atoms with Crippen LogP contribution < -0.4 is 26.6 Å². The van der Waals surface area contributed by atoms with Gasteiger partial charge in [0.05, 0.1) is 12.1 Å². The second-order valence-corrected chi connectivity index (χ2v) is 12.5. The molecule has 2 heterocycles. The van der Waals surface area contributed by atoms with Crippen molar-refractivity contribution in [2.75, 3.05) is 6.61 Å². The molecule has 4 rings (SSSR count). The van der Waals surface area contributed by atoms with Crippen LogP contribution in [0.2, 0.25) is 0 Å². The third-order valence-corrected chi connectivity index (χ3v) is 8.99. The molecule has 1 saturated carbocycles. The summed E-state index contributed by atoms with van der Waals surface area (Å²) in [5, 5.41) is 13.6. The highest BCUT2D eigenvalue weighted by Gasteiger charge is 2.52. The number of aromatic amines is 1. The maximum absolute atomic E-state index is 13.9. The number of hydrogen-bond acceptors (Lipinski definition) is 10. The van der Waals surface area contributed by atoms with Crippen LogP contribution in [-0.4, -0.2) is 57.1 Å². The molecule has 1 unspecified atom stereocenters. The highest BCUT2D eigenvalue weighted by atomic mass is 31.2. The zero-order chi connectivity index (χ0) is 29.6. The SMILES string of the molecule is C[C@H](NP(=O)(OC[C@H]1O[C@@H](n2ccc(=O)[nH]c2=O)[C@](C)(N)[C@@H]1O)Oc1ccccc1)C(=O)OC1CCCCCCC1. The Morgan fingerprint density at radius 1 is 1.20 bits per heavy atom. The van der Waals surface area contributed by atoms with E-state index in [1.165, 1.54) is 26.5 Å². The molecule has 0 spiro atoms. The van der Waals surface area contributed by atoms with E-state index in [2.05, 4.69) is 10.1 Å². The summed E-state index contributed by atoms with van der Waals surface area (Å²) >= 11 is 0. The number of aromatic nitrogens is 2. The van der Waals surface area contributed by atoms with Gasteiger partial charge in [0.25, 0.3) is 5.56 Å². The predicted molar refractivity (Wildman–Crippen MR) is 149 cm³/mol. The van der Waals surface area contributed by atoms with Crippen molar-refractivity contribution in [3.8, 4) is 5.75 Å². The molecule has 13 nitrogen and oxygen atoms in total. The zero-order valence-electron chi connectivity index (χ0n) is 23.3. The van der Waals surface area contributed by atoms with E-state index in [4.69, 9.17) is 24.3 Å². The summed E-state index contributed by atoms with van der Waals surface area (Å²) in [4.78, 5) is 38.9. The summed E-state index contributed by atoms with van der Waals surface area (Å²) in [5.41, 5.74) is 3.47. The first-order chi connectivity index (χ1) is 19.5. The van der Waals surface area contributed by atoms with E-state index < -0.39 is 61.6 Å². The molecule has 0 bridgehead atoms. The Morgan fingerprint density at radius 3 is 2.51 bits per heavy atom. The van der Waals surface area contributed by atoms with Gasteiger partial charge in [0, 0.05) is 12.3 Å². The van der Waals surface area contributed by atoms with Gasteiger partial charge in [-0.25, -0.2) is 9.36 Å². The first-order valence-corrected chi connectivity index (χ1v) is 15.4. The van der Waals surface area contributed by atoms with Crippen molar-refractivity contribution in [3.05, 3.63) is 63.4 Å². The number of aliphatic hydroxyl groups is 1. The summed E-state index contributed by atoms with van der Waals surface area (Å²) in [6, 6.07) is 8.35. The van der Waals surface area contributed by atoms with Gasteiger partial charge in [-0.05, 0) is 51.7 Å². The molecule has 0 radical (unpaired) electrons. The number of nitrogens with zero attached hydrogens (tertiary/aromatic N) is 1. The Hall–Kier alpha value is -2.80. The first-order valence-electron chi connectivity index (χ1n) is 13.9. The molecular formula is C27H39N4O9P. The smallest absolute Gasteiger partial charge is 0.459 e. The fourth-order valence-corrected chi connectivity index (χ4v) is 6.52. The van der Waals surface area contributed by atoms with Crippen molar-refractivity contribution in [1.29, 1.82) is 0 Å². The lowest BCUT2D eigenvalue weighted by molar-refractivity contribution is -0.151. The molecule has 0 amide bonds. The summed E-state index contributed by atoms with van der Waals surface area (Å²) < 4.78 is 37.9. The molecule has 226 valence electrons. The normalized spacial score (nSPS) is 27.8. The van der Waals surface area contributed by atoms with Gasteiger partial charge in [-0.1, -0.05) is 37.5 Å². The average Bonchev–Trinajstić information content (AvgIpc) is 3.13. The van der Waals surface area contributed by atoms with E-state index in [0.717, 1.165) is 49.2 Å². The number of carbonyl (C=O) groups excluding carboxylic acids is 1. The van der Waals surface area contributed by atoms with Crippen LogP contribution in [0.3, 0.4) is 0 Å². The minimum atomic E-state index is -4.25. The van der Waals surface area contributed by atoms with Crippen LogP contribution in [0, 0.1) is 0 Å². The lowest BCUT2D eigenvalue weighted by atomic mass is 9.93. The highest BCUT2D eigenvalue weighted by molar-refractivity contribution is 7.52. The fraction of sp³-hybridized carbons (Fsp3) is 0.593. The van der Waals surface area contributed by atoms with Crippen molar-refractivity contribution in [3.63, 3.8) is 0 Å². The lowest BCUT2D eigenvalue weighted by Crippen LogP contribution is -2.53. The minimum Gasteiger partial charge on any atom is -0.461 e. The van der Waals surface area contributed by atoms with Gasteiger partial charge in [-0.3, -0.25) is 23.7 Å². The molecule has 2 aliphatic rings. The van der Waals surface area contributed by atoms with Gasteiger partial charge in [-0.2, -0.15) is 5.09 Å². The summed E-state index contributed by atoms with van der Waals surface area (Å²) in [5.74, 6) is -0.363. The van der Waals surface area contributed by atoms with Crippen molar-refractivity contribution in [2.24, 2.45) is 5.73 Å². The standard InChI is InChI=1S/C27H39N4O9P/c1-18(24(34)38-19-11-7-4-3-5-8-12-19)30-41(36,40-20-13-9-6-10-14-20)37-17-21-23(33)27(2,28)25(39-21)31-16-15-22(32)29-26(31)35/h6,9-10,13-16,18-19,21,23,25,33H,3-5,7-8,11-12,17,28H2,1-2H3,(H,30,36)(H,29,32,35)/t18-,21+,23+,25+,27+,41?/m0/s1. The molecule has 1 aromatic carbocycles. The number of nitrogens with one attached hydrogen (secondary N) is 2. The van der Waals surface area contributed by atoms with Gasteiger partial charge >= 0.3 is 19.4 Å². The van der Waals surface area contributed by atoms with Crippen LogP contribution >= 0.6 is 7.75 Å². The number of benzene rings is 1. The molecule has 2 fully saturated rings. The van der Waals surface area contributed by atoms with Gasteiger partial charge in [0.2, 0.25) is 0 Å². The molecule has 14 heteroatoms.